The molecule has 4 nitrogen and oxygen atoms in total. The fraction of sp³-hybridized carbons (Fsp3) is 0.353. The van der Waals surface area contributed by atoms with Crippen molar-refractivity contribution < 1.29 is 9.53 Å². The number of carbonyl (C=O) groups is 1. The standard InChI is InChI=1S/C17H21ClN2O2S/c1-3-20(11-13-9-10-16(18)23-13)12-17(21)19-14-7-5-6-8-15(14)22-4-2/h5-10H,3-4,11-12H2,1-2H3,(H,19,21). The molecule has 0 unspecified atom stereocenters. The summed E-state index contributed by atoms with van der Waals surface area (Å²) < 4.78 is 6.30. The molecule has 0 saturated heterocycles. The third kappa shape index (κ3) is 5.53. The maximum absolute atomic E-state index is 12.3. The van der Waals surface area contributed by atoms with Crippen molar-refractivity contribution in [3.63, 3.8) is 0 Å². The van der Waals surface area contributed by atoms with Crippen molar-refractivity contribution in [3.05, 3.63) is 45.6 Å². The van der Waals surface area contributed by atoms with E-state index in [1.54, 1.807) is 11.3 Å². The number of ether oxygens (including phenoxy) is 1. The van der Waals surface area contributed by atoms with Gasteiger partial charge in [0.05, 0.1) is 23.2 Å². The molecule has 1 amide bonds. The van der Waals surface area contributed by atoms with E-state index in [1.165, 1.54) is 0 Å². The number of para-hydroxylation sites is 2. The molecule has 1 N–H and O–H groups in total. The van der Waals surface area contributed by atoms with E-state index in [9.17, 15) is 4.79 Å². The van der Waals surface area contributed by atoms with Crippen molar-refractivity contribution >= 4 is 34.5 Å². The lowest BCUT2D eigenvalue weighted by molar-refractivity contribution is -0.117. The van der Waals surface area contributed by atoms with Gasteiger partial charge in [-0.25, -0.2) is 0 Å². The predicted octanol–water partition coefficient (Wildman–Crippen LogP) is 4.26. The Bertz CT molecular complexity index is 645. The first kappa shape index (κ1) is 17.8. The van der Waals surface area contributed by atoms with E-state index in [0.29, 0.717) is 31.1 Å². The highest BCUT2D eigenvalue weighted by molar-refractivity contribution is 7.16. The maximum atomic E-state index is 12.3. The monoisotopic (exact) mass is 352 g/mol. The van der Waals surface area contributed by atoms with Crippen LogP contribution in [0, 0.1) is 0 Å². The summed E-state index contributed by atoms with van der Waals surface area (Å²) in [5.41, 5.74) is 0.703. The van der Waals surface area contributed by atoms with Gasteiger partial charge in [-0.15, -0.1) is 11.3 Å². The van der Waals surface area contributed by atoms with Gasteiger partial charge in [0.2, 0.25) is 5.91 Å². The molecule has 1 aromatic carbocycles. The summed E-state index contributed by atoms with van der Waals surface area (Å²) in [5, 5.41) is 2.92. The van der Waals surface area contributed by atoms with Crippen molar-refractivity contribution in [1.29, 1.82) is 0 Å². The molecule has 0 atom stereocenters. The molecule has 23 heavy (non-hydrogen) atoms. The lowest BCUT2D eigenvalue weighted by Gasteiger charge is -2.19. The first-order valence-corrected chi connectivity index (χ1v) is 8.80. The van der Waals surface area contributed by atoms with Crippen LogP contribution in [0.3, 0.4) is 0 Å². The highest BCUT2D eigenvalue weighted by Crippen LogP contribution is 2.24. The number of carbonyl (C=O) groups excluding carboxylic acids is 1. The van der Waals surface area contributed by atoms with Gasteiger partial charge in [-0.05, 0) is 37.7 Å². The van der Waals surface area contributed by atoms with E-state index in [0.717, 1.165) is 15.8 Å². The summed E-state index contributed by atoms with van der Waals surface area (Å²) in [6.07, 6.45) is 0. The Hall–Kier alpha value is -1.56. The van der Waals surface area contributed by atoms with Crippen LogP contribution in [-0.4, -0.2) is 30.5 Å². The number of amides is 1. The molecule has 0 fully saturated rings. The average Bonchev–Trinajstić information content (AvgIpc) is 2.94. The lowest BCUT2D eigenvalue weighted by Crippen LogP contribution is -2.32. The van der Waals surface area contributed by atoms with Crippen molar-refractivity contribution in [2.24, 2.45) is 0 Å². The number of likely N-dealkylation sites (N-methyl/N-ethyl adjacent to an activating group) is 1. The van der Waals surface area contributed by atoms with Crippen LogP contribution >= 0.6 is 22.9 Å². The zero-order chi connectivity index (χ0) is 16.7. The quantitative estimate of drug-likeness (QED) is 0.771. The summed E-state index contributed by atoms with van der Waals surface area (Å²) in [6, 6.07) is 11.3. The molecule has 0 saturated carbocycles. The van der Waals surface area contributed by atoms with Gasteiger partial charge in [0, 0.05) is 11.4 Å². The van der Waals surface area contributed by atoms with E-state index in [4.69, 9.17) is 16.3 Å². The van der Waals surface area contributed by atoms with Crippen molar-refractivity contribution in [3.8, 4) is 5.75 Å². The molecule has 0 aliphatic carbocycles. The van der Waals surface area contributed by atoms with Crippen LogP contribution in [-0.2, 0) is 11.3 Å². The van der Waals surface area contributed by atoms with Gasteiger partial charge in [0.15, 0.2) is 0 Å². The first-order chi connectivity index (χ1) is 11.1. The van der Waals surface area contributed by atoms with Crippen LogP contribution < -0.4 is 10.1 Å². The van der Waals surface area contributed by atoms with Crippen molar-refractivity contribution in [2.45, 2.75) is 20.4 Å². The molecule has 1 heterocycles. The Morgan fingerprint density at radius 2 is 2.04 bits per heavy atom. The van der Waals surface area contributed by atoms with Gasteiger partial charge < -0.3 is 10.1 Å². The topological polar surface area (TPSA) is 41.6 Å². The van der Waals surface area contributed by atoms with E-state index in [-0.39, 0.29) is 5.91 Å². The zero-order valence-electron chi connectivity index (χ0n) is 13.3. The number of hydrogen-bond acceptors (Lipinski definition) is 4. The number of benzene rings is 1. The molecule has 0 aliphatic rings. The molecule has 0 spiro atoms. The van der Waals surface area contributed by atoms with Crippen LogP contribution in [0.25, 0.3) is 0 Å². The summed E-state index contributed by atoms with van der Waals surface area (Å²) in [5.74, 6) is 0.637. The van der Waals surface area contributed by atoms with Crippen molar-refractivity contribution in [1.82, 2.24) is 4.90 Å². The zero-order valence-corrected chi connectivity index (χ0v) is 14.9. The van der Waals surface area contributed by atoms with E-state index in [1.807, 2.05) is 50.2 Å². The van der Waals surface area contributed by atoms with E-state index in [2.05, 4.69) is 10.2 Å². The highest BCUT2D eigenvalue weighted by atomic mass is 35.5. The van der Waals surface area contributed by atoms with Crippen LogP contribution in [0.1, 0.15) is 18.7 Å². The Morgan fingerprint density at radius 3 is 2.70 bits per heavy atom. The largest absolute Gasteiger partial charge is 0.492 e. The number of halogens is 1. The summed E-state index contributed by atoms with van der Waals surface area (Å²) in [6.45, 7) is 6.35. The molecule has 1 aromatic heterocycles. The number of nitrogens with zero attached hydrogens (tertiary/aromatic N) is 1. The molecule has 6 heteroatoms. The van der Waals surface area contributed by atoms with E-state index < -0.39 is 0 Å². The number of nitrogens with one attached hydrogen (secondary N) is 1. The van der Waals surface area contributed by atoms with Crippen molar-refractivity contribution in [2.75, 3.05) is 25.0 Å². The minimum absolute atomic E-state index is 0.0540. The highest BCUT2D eigenvalue weighted by Gasteiger charge is 2.13. The third-order valence-corrected chi connectivity index (χ3v) is 4.50. The van der Waals surface area contributed by atoms with E-state index >= 15 is 0 Å². The Morgan fingerprint density at radius 1 is 1.26 bits per heavy atom. The average molecular weight is 353 g/mol. The first-order valence-electron chi connectivity index (χ1n) is 7.60. The fourth-order valence-corrected chi connectivity index (χ4v) is 3.31. The van der Waals surface area contributed by atoms with Gasteiger partial charge in [0.1, 0.15) is 5.75 Å². The second kappa shape index (κ2) is 8.91. The molecule has 0 bridgehead atoms. The smallest absolute Gasteiger partial charge is 0.238 e. The molecule has 124 valence electrons. The lowest BCUT2D eigenvalue weighted by atomic mass is 10.3. The summed E-state index contributed by atoms with van der Waals surface area (Å²) in [4.78, 5) is 15.5. The Kier molecular flexibility index (Phi) is 6.89. The SMILES string of the molecule is CCOc1ccccc1NC(=O)CN(CC)Cc1ccc(Cl)s1. The number of thiophene rings is 1. The van der Waals surface area contributed by atoms with Gasteiger partial charge in [-0.2, -0.15) is 0 Å². The minimum Gasteiger partial charge on any atom is -0.492 e. The van der Waals surface area contributed by atoms with Crippen LogP contribution in [0.5, 0.6) is 5.75 Å². The number of hydrogen-bond donors (Lipinski definition) is 1. The molecular formula is C17H21ClN2O2S. The fourth-order valence-electron chi connectivity index (χ4n) is 2.18. The van der Waals surface area contributed by atoms with Crippen LogP contribution in [0.15, 0.2) is 36.4 Å². The van der Waals surface area contributed by atoms with Gasteiger partial charge in [-0.3, -0.25) is 9.69 Å². The second-order valence-corrected chi connectivity index (χ2v) is 6.79. The minimum atomic E-state index is -0.0540. The maximum Gasteiger partial charge on any atom is 0.238 e. The molecule has 0 aliphatic heterocycles. The molecule has 2 rings (SSSR count). The summed E-state index contributed by atoms with van der Waals surface area (Å²) >= 11 is 7.50. The third-order valence-electron chi connectivity index (χ3n) is 3.28. The Labute approximate surface area is 146 Å². The number of anilines is 1. The van der Waals surface area contributed by atoms with Crippen LogP contribution in [0.4, 0.5) is 5.69 Å². The van der Waals surface area contributed by atoms with Gasteiger partial charge in [-0.1, -0.05) is 30.7 Å². The summed E-state index contributed by atoms with van der Waals surface area (Å²) in [7, 11) is 0. The van der Waals surface area contributed by atoms with Gasteiger partial charge in [0.25, 0.3) is 0 Å². The van der Waals surface area contributed by atoms with Crippen LogP contribution in [0.2, 0.25) is 4.34 Å². The molecule has 0 radical (unpaired) electrons. The second-order valence-electron chi connectivity index (χ2n) is 4.99. The Balaban J connectivity index is 1.94. The molecular weight excluding hydrogens is 332 g/mol. The van der Waals surface area contributed by atoms with Gasteiger partial charge >= 0.3 is 0 Å². The number of rotatable bonds is 8. The molecule has 2 aromatic rings. The normalized spacial score (nSPS) is 10.8. The predicted molar refractivity (Wildman–Crippen MR) is 96.5 cm³/mol.